The minimum atomic E-state index is 0.514. The van der Waals surface area contributed by atoms with Crippen LogP contribution in [0.5, 0.6) is 11.5 Å². The smallest absolute Gasteiger partial charge is 0.161 e. The van der Waals surface area contributed by atoms with Gasteiger partial charge in [-0.1, -0.05) is 37.3 Å². The number of aromatic amines is 1. The Labute approximate surface area is 166 Å². The van der Waals surface area contributed by atoms with Crippen LogP contribution in [0.4, 0.5) is 0 Å². The van der Waals surface area contributed by atoms with Crippen LogP contribution in [0.25, 0.3) is 11.3 Å². The molecule has 0 spiro atoms. The van der Waals surface area contributed by atoms with Crippen molar-refractivity contribution >= 4 is 0 Å². The lowest BCUT2D eigenvalue weighted by Gasteiger charge is -2.26. The Balaban J connectivity index is 1.56. The summed E-state index contributed by atoms with van der Waals surface area (Å²) in [6, 6.07) is 16.2. The SMILES string of the molecule is CCCN1CCc2[nH]nc(-c3ccc(OCc4ccccc4)c(OC)c3)c2C1. The lowest BCUT2D eigenvalue weighted by molar-refractivity contribution is 0.254. The molecule has 0 saturated carbocycles. The number of hydrogen-bond donors (Lipinski definition) is 1. The summed E-state index contributed by atoms with van der Waals surface area (Å²) in [5.74, 6) is 1.47. The lowest BCUT2D eigenvalue weighted by Crippen LogP contribution is -2.31. The maximum Gasteiger partial charge on any atom is 0.161 e. The second-order valence-electron chi connectivity index (χ2n) is 7.20. The molecule has 28 heavy (non-hydrogen) atoms. The number of hydrogen-bond acceptors (Lipinski definition) is 4. The summed E-state index contributed by atoms with van der Waals surface area (Å²) in [6.45, 7) is 5.91. The van der Waals surface area contributed by atoms with Crippen molar-refractivity contribution in [1.29, 1.82) is 0 Å². The van der Waals surface area contributed by atoms with Crippen molar-refractivity contribution in [2.24, 2.45) is 0 Å². The molecule has 2 aromatic carbocycles. The van der Waals surface area contributed by atoms with E-state index in [0.29, 0.717) is 6.61 Å². The summed E-state index contributed by atoms with van der Waals surface area (Å²) >= 11 is 0. The van der Waals surface area contributed by atoms with E-state index in [9.17, 15) is 0 Å². The molecule has 0 bridgehead atoms. The van der Waals surface area contributed by atoms with Crippen LogP contribution in [0.15, 0.2) is 48.5 Å². The molecule has 1 aliphatic heterocycles. The lowest BCUT2D eigenvalue weighted by atomic mass is 10.0. The molecular formula is C23H27N3O2. The van der Waals surface area contributed by atoms with E-state index in [4.69, 9.17) is 9.47 Å². The van der Waals surface area contributed by atoms with Gasteiger partial charge in [-0.25, -0.2) is 0 Å². The number of rotatable bonds is 7. The molecule has 146 valence electrons. The van der Waals surface area contributed by atoms with E-state index in [1.54, 1.807) is 7.11 Å². The van der Waals surface area contributed by atoms with Gasteiger partial charge < -0.3 is 9.47 Å². The van der Waals surface area contributed by atoms with Gasteiger partial charge in [0, 0.05) is 36.3 Å². The highest BCUT2D eigenvalue weighted by molar-refractivity contribution is 5.68. The number of nitrogens with one attached hydrogen (secondary N) is 1. The molecule has 0 atom stereocenters. The van der Waals surface area contributed by atoms with Crippen molar-refractivity contribution in [2.75, 3.05) is 20.2 Å². The second-order valence-corrected chi connectivity index (χ2v) is 7.20. The van der Waals surface area contributed by atoms with Crippen LogP contribution in [-0.4, -0.2) is 35.3 Å². The Morgan fingerprint density at radius 1 is 1.11 bits per heavy atom. The van der Waals surface area contributed by atoms with Crippen molar-refractivity contribution < 1.29 is 9.47 Å². The van der Waals surface area contributed by atoms with E-state index in [1.165, 1.54) is 17.7 Å². The number of benzene rings is 2. The van der Waals surface area contributed by atoms with E-state index >= 15 is 0 Å². The van der Waals surface area contributed by atoms with Gasteiger partial charge in [0.25, 0.3) is 0 Å². The van der Waals surface area contributed by atoms with Crippen molar-refractivity contribution in [3.05, 3.63) is 65.4 Å². The Bertz CT molecular complexity index is 921. The van der Waals surface area contributed by atoms with Crippen LogP contribution in [0, 0.1) is 0 Å². The molecule has 0 aliphatic carbocycles. The van der Waals surface area contributed by atoms with Gasteiger partial charge in [0.15, 0.2) is 11.5 Å². The average Bonchev–Trinajstić information content (AvgIpc) is 3.16. The summed E-state index contributed by atoms with van der Waals surface area (Å²) in [4.78, 5) is 2.50. The first-order valence-electron chi connectivity index (χ1n) is 9.92. The molecule has 0 saturated heterocycles. The van der Waals surface area contributed by atoms with E-state index < -0.39 is 0 Å². The van der Waals surface area contributed by atoms with Crippen LogP contribution < -0.4 is 9.47 Å². The summed E-state index contributed by atoms with van der Waals surface area (Å²) in [5, 5.41) is 7.85. The van der Waals surface area contributed by atoms with Crippen LogP contribution in [0.3, 0.4) is 0 Å². The Hall–Kier alpha value is -2.79. The second kappa shape index (κ2) is 8.48. The van der Waals surface area contributed by atoms with E-state index in [0.717, 1.165) is 54.4 Å². The minimum Gasteiger partial charge on any atom is -0.493 e. The molecule has 1 aliphatic rings. The quantitative estimate of drug-likeness (QED) is 0.662. The molecule has 4 rings (SSSR count). The van der Waals surface area contributed by atoms with Crippen molar-refractivity contribution in [1.82, 2.24) is 15.1 Å². The number of methoxy groups -OCH3 is 1. The Morgan fingerprint density at radius 3 is 2.75 bits per heavy atom. The van der Waals surface area contributed by atoms with Crippen LogP contribution in [0.1, 0.15) is 30.2 Å². The topological polar surface area (TPSA) is 50.4 Å². The number of ether oxygens (including phenoxy) is 2. The zero-order valence-corrected chi connectivity index (χ0v) is 16.6. The van der Waals surface area contributed by atoms with Gasteiger partial charge in [-0.15, -0.1) is 0 Å². The van der Waals surface area contributed by atoms with Crippen molar-refractivity contribution in [3.8, 4) is 22.8 Å². The first-order chi connectivity index (χ1) is 13.8. The molecule has 1 aromatic heterocycles. The van der Waals surface area contributed by atoms with Gasteiger partial charge >= 0.3 is 0 Å². The van der Waals surface area contributed by atoms with Gasteiger partial charge in [0.05, 0.1) is 12.8 Å². The third kappa shape index (κ3) is 3.90. The third-order valence-corrected chi connectivity index (χ3v) is 5.23. The average molecular weight is 377 g/mol. The predicted molar refractivity (Wildman–Crippen MR) is 111 cm³/mol. The molecule has 2 heterocycles. The van der Waals surface area contributed by atoms with E-state index in [-0.39, 0.29) is 0 Å². The molecule has 0 fully saturated rings. The first kappa shape index (κ1) is 18.6. The van der Waals surface area contributed by atoms with Crippen molar-refractivity contribution in [3.63, 3.8) is 0 Å². The fourth-order valence-electron chi connectivity index (χ4n) is 3.77. The Kier molecular flexibility index (Phi) is 5.63. The number of fused-ring (bicyclic) bond motifs is 1. The zero-order chi connectivity index (χ0) is 19.3. The maximum atomic E-state index is 5.99. The van der Waals surface area contributed by atoms with Gasteiger partial charge in [0.1, 0.15) is 6.61 Å². The van der Waals surface area contributed by atoms with Crippen LogP contribution in [-0.2, 0) is 19.6 Å². The third-order valence-electron chi connectivity index (χ3n) is 5.23. The van der Waals surface area contributed by atoms with Gasteiger partial charge in [-0.05, 0) is 36.7 Å². The van der Waals surface area contributed by atoms with Gasteiger partial charge in [-0.2, -0.15) is 5.10 Å². The molecule has 1 N–H and O–H groups in total. The summed E-state index contributed by atoms with van der Waals surface area (Å²) in [6.07, 6.45) is 2.20. The predicted octanol–water partition coefficient (Wildman–Crippen LogP) is 4.43. The minimum absolute atomic E-state index is 0.514. The highest BCUT2D eigenvalue weighted by Crippen LogP contribution is 2.35. The normalized spacial score (nSPS) is 13.9. The van der Waals surface area contributed by atoms with Gasteiger partial charge in [-0.3, -0.25) is 10.00 Å². The summed E-state index contributed by atoms with van der Waals surface area (Å²) in [7, 11) is 1.68. The van der Waals surface area contributed by atoms with E-state index in [2.05, 4.69) is 40.2 Å². The molecular weight excluding hydrogens is 350 g/mol. The van der Waals surface area contributed by atoms with Crippen molar-refractivity contribution in [2.45, 2.75) is 32.9 Å². The first-order valence-corrected chi connectivity index (χ1v) is 9.92. The summed E-state index contributed by atoms with van der Waals surface area (Å²) < 4.78 is 11.6. The molecule has 0 unspecified atom stereocenters. The van der Waals surface area contributed by atoms with Gasteiger partial charge in [0.2, 0.25) is 0 Å². The number of aromatic nitrogens is 2. The fraction of sp³-hybridized carbons (Fsp3) is 0.348. The van der Waals surface area contributed by atoms with E-state index in [1.807, 2.05) is 30.3 Å². The Morgan fingerprint density at radius 2 is 1.96 bits per heavy atom. The molecule has 0 amide bonds. The fourth-order valence-corrected chi connectivity index (χ4v) is 3.77. The van der Waals surface area contributed by atoms with Crippen LogP contribution >= 0.6 is 0 Å². The largest absolute Gasteiger partial charge is 0.493 e. The highest BCUT2D eigenvalue weighted by atomic mass is 16.5. The monoisotopic (exact) mass is 377 g/mol. The molecule has 3 aromatic rings. The molecule has 0 radical (unpaired) electrons. The number of H-pyrrole nitrogens is 1. The molecule has 5 heteroatoms. The summed E-state index contributed by atoms with van der Waals surface area (Å²) in [5.41, 5.74) is 5.76. The highest BCUT2D eigenvalue weighted by Gasteiger charge is 2.23. The standard InChI is InChI=1S/C23H27N3O2/c1-3-12-26-13-11-20-19(15-26)23(25-24-20)18-9-10-21(22(14-18)27-2)28-16-17-7-5-4-6-8-17/h4-10,14H,3,11-13,15-16H2,1-2H3,(H,24,25). The number of nitrogens with zero attached hydrogens (tertiary/aromatic N) is 2. The molecule has 5 nitrogen and oxygen atoms in total. The zero-order valence-electron chi connectivity index (χ0n) is 16.6. The maximum absolute atomic E-state index is 5.99. The van der Waals surface area contributed by atoms with Crippen LogP contribution in [0.2, 0.25) is 0 Å².